The molecule has 0 bridgehead atoms. The standard InChI is InChI=1S/C14H17N3.C2H6/c1-11(2)14-15-9-8-13(17-14)16-10-12-6-4-3-5-7-12;1-2/h3-9,11H,10H2,1-2H3,(H,15,16,17);1-2H3. The zero-order chi connectivity index (χ0) is 14.1. The lowest BCUT2D eigenvalue weighted by molar-refractivity contribution is 0.774. The molecule has 2 rings (SSSR count). The summed E-state index contributed by atoms with van der Waals surface area (Å²) in [6, 6.07) is 12.2. The van der Waals surface area contributed by atoms with Gasteiger partial charge in [0.15, 0.2) is 0 Å². The zero-order valence-corrected chi connectivity index (χ0v) is 12.2. The molecule has 0 saturated heterocycles. The molecular weight excluding hydrogens is 234 g/mol. The molecule has 0 amide bonds. The summed E-state index contributed by atoms with van der Waals surface area (Å²) in [5.41, 5.74) is 1.25. The fraction of sp³-hybridized carbons (Fsp3) is 0.375. The number of hydrogen-bond donors (Lipinski definition) is 1. The van der Waals surface area contributed by atoms with E-state index in [0.29, 0.717) is 5.92 Å². The van der Waals surface area contributed by atoms with E-state index in [1.54, 1.807) is 6.20 Å². The Labute approximate surface area is 116 Å². The van der Waals surface area contributed by atoms with Crippen molar-refractivity contribution in [3.8, 4) is 0 Å². The Bertz CT molecular complexity index is 466. The van der Waals surface area contributed by atoms with Gasteiger partial charge in [-0.1, -0.05) is 58.0 Å². The van der Waals surface area contributed by atoms with E-state index in [1.165, 1.54) is 5.56 Å². The Kier molecular flexibility index (Phi) is 6.58. The van der Waals surface area contributed by atoms with Gasteiger partial charge in [-0.15, -0.1) is 0 Å². The fourth-order valence-corrected chi connectivity index (χ4v) is 1.54. The highest BCUT2D eigenvalue weighted by molar-refractivity contribution is 5.34. The molecule has 19 heavy (non-hydrogen) atoms. The van der Waals surface area contributed by atoms with E-state index in [4.69, 9.17) is 0 Å². The Morgan fingerprint density at radius 3 is 2.37 bits per heavy atom. The lowest BCUT2D eigenvalue weighted by Crippen LogP contribution is -2.04. The van der Waals surface area contributed by atoms with Gasteiger partial charge in [-0.25, -0.2) is 9.97 Å². The smallest absolute Gasteiger partial charge is 0.133 e. The van der Waals surface area contributed by atoms with Crippen LogP contribution in [0.2, 0.25) is 0 Å². The van der Waals surface area contributed by atoms with Crippen LogP contribution in [-0.4, -0.2) is 9.97 Å². The van der Waals surface area contributed by atoms with Crippen molar-refractivity contribution in [3.05, 3.63) is 54.0 Å². The van der Waals surface area contributed by atoms with Crippen LogP contribution in [0.25, 0.3) is 0 Å². The van der Waals surface area contributed by atoms with E-state index in [1.807, 2.05) is 38.1 Å². The quantitative estimate of drug-likeness (QED) is 0.890. The lowest BCUT2D eigenvalue weighted by Gasteiger charge is -2.08. The molecule has 1 aromatic carbocycles. The fourth-order valence-electron chi connectivity index (χ4n) is 1.54. The van der Waals surface area contributed by atoms with E-state index in [0.717, 1.165) is 18.2 Å². The Morgan fingerprint density at radius 1 is 1.05 bits per heavy atom. The van der Waals surface area contributed by atoms with Gasteiger partial charge in [0.25, 0.3) is 0 Å². The number of aromatic nitrogens is 2. The third kappa shape index (κ3) is 5.08. The third-order valence-electron chi connectivity index (χ3n) is 2.51. The van der Waals surface area contributed by atoms with Gasteiger partial charge < -0.3 is 5.32 Å². The van der Waals surface area contributed by atoms with Crippen molar-refractivity contribution in [1.29, 1.82) is 0 Å². The van der Waals surface area contributed by atoms with Gasteiger partial charge in [0.1, 0.15) is 11.6 Å². The van der Waals surface area contributed by atoms with Crippen LogP contribution in [0.3, 0.4) is 0 Å². The van der Waals surface area contributed by atoms with E-state index in [9.17, 15) is 0 Å². The maximum absolute atomic E-state index is 4.47. The summed E-state index contributed by atoms with van der Waals surface area (Å²) in [7, 11) is 0. The molecule has 0 aliphatic rings. The highest BCUT2D eigenvalue weighted by atomic mass is 15.0. The maximum atomic E-state index is 4.47. The summed E-state index contributed by atoms with van der Waals surface area (Å²) < 4.78 is 0. The number of benzene rings is 1. The average molecular weight is 257 g/mol. The molecule has 102 valence electrons. The van der Waals surface area contributed by atoms with Crippen LogP contribution in [0.5, 0.6) is 0 Å². The minimum absolute atomic E-state index is 0.355. The van der Waals surface area contributed by atoms with Crippen molar-refractivity contribution >= 4 is 5.82 Å². The minimum atomic E-state index is 0.355. The van der Waals surface area contributed by atoms with Crippen LogP contribution in [-0.2, 0) is 6.54 Å². The molecule has 1 heterocycles. The molecule has 3 nitrogen and oxygen atoms in total. The number of nitrogens with one attached hydrogen (secondary N) is 1. The van der Waals surface area contributed by atoms with Crippen LogP contribution in [0.4, 0.5) is 5.82 Å². The minimum Gasteiger partial charge on any atom is -0.366 e. The molecule has 2 aromatic rings. The Balaban J connectivity index is 0.000000861. The second kappa shape index (κ2) is 8.25. The van der Waals surface area contributed by atoms with Crippen LogP contribution in [0.1, 0.15) is 45.0 Å². The summed E-state index contributed by atoms with van der Waals surface area (Å²) >= 11 is 0. The molecule has 3 heteroatoms. The highest BCUT2D eigenvalue weighted by Gasteiger charge is 2.03. The second-order valence-electron chi connectivity index (χ2n) is 4.29. The van der Waals surface area contributed by atoms with E-state index in [2.05, 4.69) is 41.3 Å². The molecule has 0 spiro atoms. The summed E-state index contributed by atoms with van der Waals surface area (Å²) in [6.45, 7) is 8.97. The number of nitrogens with zero attached hydrogens (tertiary/aromatic N) is 2. The average Bonchev–Trinajstić information content (AvgIpc) is 2.48. The molecule has 0 aliphatic carbocycles. The first-order valence-electron chi connectivity index (χ1n) is 6.86. The molecule has 1 N–H and O–H groups in total. The van der Waals surface area contributed by atoms with Gasteiger partial charge in [0.2, 0.25) is 0 Å². The van der Waals surface area contributed by atoms with Crippen LogP contribution < -0.4 is 5.32 Å². The highest BCUT2D eigenvalue weighted by Crippen LogP contribution is 2.11. The molecular formula is C16H23N3. The molecule has 1 aromatic heterocycles. The first-order chi connectivity index (χ1) is 9.25. The van der Waals surface area contributed by atoms with Crippen LogP contribution >= 0.6 is 0 Å². The maximum Gasteiger partial charge on any atom is 0.133 e. The normalized spacial score (nSPS) is 9.74. The Morgan fingerprint density at radius 2 is 1.74 bits per heavy atom. The number of anilines is 1. The van der Waals surface area contributed by atoms with Gasteiger partial charge in [0.05, 0.1) is 0 Å². The van der Waals surface area contributed by atoms with Crippen LogP contribution in [0, 0.1) is 0 Å². The first-order valence-corrected chi connectivity index (χ1v) is 6.86. The molecule has 0 atom stereocenters. The number of hydrogen-bond acceptors (Lipinski definition) is 3. The van der Waals surface area contributed by atoms with Crippen molar-refractivity contribution in [2.24, 2.45) is 0 Å². The zero-order valence-electron chi connectivity index (χ0n) is 12.2. The van der Waals surface area contributed by atoms with E-state index >= 15 is 0 Å². The summed E-state index contributed by atoms with van der Waals surface area (Å²) in [5.74, 6) is 2.11. The van der Waals surface area contributed by atoms with Gasteiger partial charge >= 0.3 is 0 Å². The second-order valence-corrected chi connectivity index (χ2v) is 4.29. The molecule has 0 saturated carbocycles. The Hall–Kier alpha value is -1.90. The topological polar surface area (TPSA) is 37.8 Å². The first kappa shape index (κ1) is 15.2. The van der Waals surface area contributed by atoms with Gasteiger partial charge in [-0.3, -0.25) is 0 Å². The van der Waals surface area contributed by atoms with Crippen molar-refractivity contribution in [1.82, 2.24) is 9.97 Å². The predicted octanol–water partition coefficient (Wildman–Crippen LogP) is 4.24. The lowest BCUT2D eigenvalue weighted by atomic mass is 10.2. The largest absolute Gasteiger partial charge is 0.366 e. The SMILES string of the molecule is CC.CC(C)c1nccc(NCc2ccccc2)n1. The third-order valence-corrected chi connectivity index (χ3v) is 2.51. The van der Waals surface area contributed by atoms with Gasteiger partial charge in [-0.2, -0.15) is 0 Å². The number of rotatable bonds is 4. The molecule has 0 aliphatic heterocycles. The molecule has 0 unspecified atom stereocenters. The predicted molar refractivity (Wildman–Crippen MR) is 81.2 cm³/mol. The van der Waals surface area contributed by atoms with Crippen molar-refractivity contribution in [2.75, 3.05) is 5.32 Å². The van der Waals surface area contributed by atoms with Gasteiger partial charge in [-0.05, 0) is 11.6 Å². The monoisotopic (exact) mass is 257 g/mol. The van der Waals surface area contributed by atoms with Crippen molar-refractivity contribution in [2.45, 2.75) is 40.2 Å². The molecule has 0 radical (unpaired) electrons. The van der Waals surface area contributed by atoms with E-state index in [-0.39, 0.29) is 0 Å². The molecule has 0 fully saturated rings. The van der Waals surface area contributed by atoms with Gasteiger partial charge in [0, 0.05) is 18.7 Å². The summed E-state index contributed by atoms with van der Waals surface area (Å²) in [6.07, 6.45) is 1.80. The van der Waals surface area contributed by atoms with Crippen molar-refractivity contribution in [3.63, 3.8) is 0 Å². The summed E-state index contributed by atoms with van der Waals surface area (Å²) in [4.78, 5) is 8.71. The van der Waals surface area contributed by atoms with Crippen LogP contribution in [0.15, 0.2) is 42.6 Å². The van der Waals surface area contributed by atoms with Crippen molar-refractivity contribution < 1.29 is 0 Å². The summed E-state index contributed by atoms with van der Waals surface area (Å²) in [5, 5.41) is 3.31. The van der Waals surface area contributed by atoms with E-state index < -0.39 is 0 Å².